The van der Waals surface area contributed by atoms with Gasteiger partial charge in [-0.05, 0) is 25.9 Å². The molecule has 18 heavy (non-hydrogen) atoms. The van der Waals surface area contributed by atoms with Gasteiger partial charge in [0.2, 0.25) is 5.91 Å². The Hall–Kier alpha value is -0.610. The van der Waals surface area contributed by atoms with E-state index in [1.807, 2.05) is 0 Å². The molecular formula is C14H29N3O. The van der Waals surface area contributed by atoms with Crippen molar-refractivity contribution in [1.82, 2.24) is 15.1 Å². The summed E-state index contributed by atoms with van der Waals surface area (Å²) in [6.07, 6.45) is 3.31. The Morgan fingerprint density at radius 2 is 1.89 bits per heavy atom. The van der Waals surface area contributed by atoms with Gasteiger partial charge in [-0.15, -0.1) is 0 Å². The second-order valence-electron chi connectivity index (χ2n) is 4.99. The van der Waals surface area contributed by atoms with E-state index in [0.717, 1.165) is 45.4 Å². The average Bonchev–Trinajstić information content (AvgIpc) is 2.68. The Morgan fingerprint density at radius 3 is 2.39 bits per heavy atom. The van der Waals surface area contributed by atoms with Crippen LogP contribution in [-0.2, 0) is 4.79 Å². The van der Waals surface area contributed by atoms with Gasteiger partial charge >= 0.3 is 0 Å². The number of likely N-dealkylation sites (N-methyl/N-ethyl adjacent to an activating group) is 1. The molecule has 0 bridgehead atoms. The first-order chi connectivity index (χ1) is 8.67. The van der Waals surface area contributed by atoms with Crippen molar-refractivity contribution >= 4 is 5.91 Å². The van der Waals surface area contributed by atoms with Crippen molar-refractivity contribution in [2.45, 2.75) is 59.2 Å². The zero-order valence-corrected chi connectivity index (χ0v) is 12.4. The van der Waals surface area contributed by atoms with Gasteiger partial charge in [0, 0.05) is 13.1 Å². The number of rotatable bonds is 8. The Kier molecular flexibility index (Phi) is 6.65. The molecule has 0 aromatic carbocycles. The van der Waals surface area contributed by atoms with Crippen LogP contribution >= 0.6 is 0 Å². The number of carbonyl (C=O) groups is 1. The standard InChI is InChI=1S/C14H29N3O/c1-5-9-13-15-12(6-2)14(18)17(13)11-10-16(7-3)8-4/h12-13,15H,5-11H2,1-4H3. The van der Waals surface area contributed by atoms with Gasteiger partial charge in [-0.25, -0.2) is 0 Å². The molecule has 1 N–H and O–H groups in total. The van der Waals surface area contributed by atoms with Crippen molar-refractivity contribution < 1.29 is 4.79 Å². The SMILES string of the molecule is CCCC1NC(CC)C(=O)N1CCN(CC)CC. The van der Waals surface area contributed by atoms with Crippen LogP contribution in [0.1, 0.15) is 47.0 Å². The number of carbonyl (C=O) groups excluding carboxylic acids is 1. The van der Waals surface area contributed by atoms with Crippen LogP contribution in [0.25, 0.3) is 0 Å². The first-order valence-electron chi connectivity index (χ1n) is 7.46. The molecule has 1 rings (SSSR count). The summed E-state index contributed by atoms with van der Waals surface area (Å²) in [5.74, 6) is 0.295. The molecule has 4 nitrogen and oxygen atoms in total. The summed E-state index contributed by atoms with van der Waals surface area (Å²) in [4.78, 5) is 16.7. The zero-order valence-electron chi connectivity index (χ0n) is 12.4. The van der Waals surface area contributed by atoms with E-state index < -0.39 is 0 Å². The van der Waals surface area contributed by atoms with Gasteiger partial charge in [0.05, 0.1) is 12.2 Å². The topological polar surface area (TPSA) is 35.6 Å². The van der Waals surface area contributed by atoms with Gasteiger partial charge in [0.25, 0.3) is 0 Å². The lowest BCUT2D eigenvalue weighted by atomic mass is 10.2. The van der Waals surface area contributed by atoms with E-state index in [1.165, 1.54) is 0 Å². The van der Waals surface area contributed by atoms with Crippen molar-refractivity contribution in [1.29, 1.82) is 0 Å². The van der Waals surface area contributed by atoms with Crippen LogP contribution in [-0.4, -0.2) is 54.1 Å². The molecule has 0 aliphatic carbocycles. The molecule has 0 saturated carbocycles. The molecule has 0 aromatic rings. The first kappa shape index (κ1) is 15.4. The van der Waals surface area contributed by atoms with Crippen LogP contribution in [0.15, 0.2) is 0 Å². The molecule has 2 unspecified atom stereocenters. The van der Waals surface area contributed by atoms with Gasteiger partial charge in [-0.2, -0.15) is 0 Å². The van der Waals surface area contributed by atoms with Crippen LogP contribution in [0.2, 0.25) is 0 Å². The second-order valence-corrected chi connectivity index (χ2v) is 4.99. The highest BCUT2D eigenvalue weighted by Crippen LogP contribution is 2.16. The summed E-state index contributed by atoms with van der Waals surface area (Å²) in [6.45, 7) is 12.5. The maximum Gasteiger partial charge on any atom is 0.241 e. The smallest absolute Gasteiger partial charge is 0.241 e. The summed E-state index contributed by atoms with van der Waals surface area (Å²) < 4.78 is 0. The number of hydrogen-bond donors (Lipinski definition) is 1. The van der Waals surface area contributed by atoms with Crippen LogP contribution in [0.3, 0.4) is 0 Å². The molecule has 2 atom stereocenters. The molecule has 0 radical (unpaired) electrons. The highest BCUT2D eigenvalue weighted by Gasteiger charge is 2.36. The van der Waals surface area contributed by atoms with Crippen molar-refractivity contribution in [3.05, 3.63) is 0 Å². The zero-order chi connectivity index (χ0) is 13.5. The van der Waals surface area contributed by atoms with Crippen molar-refractivity contribution in [2.75, 3.05) is 26.2 Å². The highest BCUT2D eigenvalue weighted by molar-refractivity contribution is 5.84. The quantitative estimate of drug-likeness (QED) is 0.716. The van der Waals surface area contributed by atoms with E-state index >= 15 is 0 Å². The summed E-state index contributed by atoms with van der Waals surface area (Å²) in [5, 5.41) is 3.46. The van der Waals surface area contributed by atoms with Crippen LogP contribution in [0, 0.1) is 0 Å². The third-order valence-electron chi connectivity index (χ3n) is 3.87. The van der Waals surface area contributed by atoms with Gasteiger partial charge in [0.1, 0.15) is 0 Å². The maximum atomic E-state index is 12.3. The number of amides is 1. The maximum absolute atomic E-state index is 12.3. The minimum absolute atomic E-state index is 0.0400. The lowest BCUT2D eigenvalue weighted by Gasteiger charge is -2.27. The molecule has 1 aliphatic heterocycles. The van der Waals surface area contributed by atoms with E-state index in [-0.39, 0.29) is 12.2 Å². The molecule has 1 saturated heterocycles. The summed E-state index contributed by atoms with van der Waals surface area (Å²) in [5.41, 5.74) is 0. The van der Waals surface area contributed by atoms with Crippen molar-refractivity contribution in [3.8, 4) is 0 Å². The van der Waals surface area contributed by atoms with Crippen LogP contribution in [0.5, 0.6) is 0 Å². The summed E-state index contributed by atoms with van der Waals surface area (Å²) in [6, 6.07) is 0.0400. The van der Waals surface area contributed by atoms with E-state index in [9.17, 15) is 4.79 Å². The van der Waals surface area contributed by atoms with Gasteiger partial charge in [-0.3, -0.25) is 10.1 Å². The molecule has 1 heterocycles. The lowest BCUT2D eigenvalue weighted by molar-refractivity contribution is -0.130. The third kappa shape index (κ3) is 3.69. The Labute approximate surface area is 112 Å². The fourth-order valence-electron chi connectivity index (χ4n) is 2.61. The number of nitrogens with zero attached hydrogens (tertiary/aromatic N) is 2. The van der Waals surface area contributed by atoms with Gasteiger partial charge in [-0.1, -0.05) is 34.1 Å². The molecule has 1 amide bonds. The van der Waals surface area contributed by atoms with E-state index in [4.69, 9.17) is 0 Å². The predicted molar refractivity (Wildman–Crippen MR) is 75.4 cm³/mol. The lowest BCUT2D eigenvalue weighted by Crippen LogP contribution is -2.42. The molecular weight excluding hydrogens is 226 g/mol. The molecule has 106 valence electrons. The van der Waals surface area contributed by atoms with E-state index in [0.29, 0.717) is 5.91 Å². The third-order valence-corrected chi connectivity index (χ3v) is 3.87. The van der Waals surface area contributed by atoms with Crippen LogP contribution in [0.4, 0.5) is 0 Å². The summed E-state index contributed by atoms with van der Waals surface area (Å²) in [7, 11) is 0. The largest absolute Gasteiger partial charge is 0.325 e. The number of nitrogens with one attached hydrogen (secondary N) is 1. The van der Waals surface area contributed by atoms with Crippen molar-refractivity contribution in [3.63, 3.8) is 0 Å². The Morgan fingerprint density at radius 1 is 1.22 bits per heavy atom. The highest BCUT2D eigenvalue weighted by atomic mass is 16.2. The summed E-state index contributed by atoms with van der Waals surface area (Å²) >= 11 is 0. The Bertz CT molecular complexity index is 253. The minimum Gasteiger partial charge on any atom is -0.325 e. The Balaban J connectivity index is 2.56. The van der Waals surface area contributed by atoms with Crippen molar-refractivity contribution in [2.24, 2.45) is 0 Å². The number of hydrogen-bond acceptors (Lipinski definition) is 3. The second kappa shape index (κ2) is 7.74. The molecule has 4 heteroatoms. The molecule has 0 aromatic heterocycles. The van der Waals surface area contributed by atoms with E-state index in [2.05, 4.69) is 42.8 Å². The van der Waals surface area contributed by atoms with E-state index in [1.54, 1.807) is 0 Å². The average molecular weight is 255 g/mol. The molecule has 1 fully saturated rings. The fourth-order valence-corrected chi connectivity index (χ4v) is 2.61. The fraction of sp³-hybridized carbons (Fsp3) is 0.929. The minimum atomic E-state index is 0.0400. The first-order valence-corrected chi connectivity index (χ1v) is 7.46. The molecule has 1 aliphatic rings. The molecule has 0 spiro atoms. The van der Waals surface area contributed by atoms with Gasteiger partial charge < -0.3 is 9.80 Å². The van der Waals surface area contributed by atoms with Crippen LogP contribution < -0.4 is 5.32 Å². The predicted octanol–water partition coefficient (Wildman–Crippen LogP) is 1.66. The monoisotopic (exact) mass is 255 g/mol. The normalized spacial score (nSPS) is 24.3. The van der Waals surface area contributed by atoms with Gasteiger partial charge in [0.15, 0.2) is 0 Å².